The van der Waals surface area contributed by atoms with Crippen molar-refractivity contribution < 1.29 is 9.53 Å². The second-order valence-electron chi connectivity index (χ2n) is 6.45. The number of carbonyl (C=O) groups is 1. The third-order valence-electron chi connectivity index (χ3n) is 5.09. The molecule has 1 saturated heterocycles. The van der Waals surface area contributed by atoms with Crippen molar-refractivity contribution in [3.63, 3.8) is 0 Å². The minimum atomic E-state index is -0.193. The van der Waals surface area contributed by atoms with Crippen LogP contribution in [-0.4, -0.2) is 35.6 Å². The average Bonchev–Trinajstić information content (AvgIpc) is 2.90. The molecule has 1 aromatic carbocycles. The van der Waals surface area contributed by atoms with Crippen molar-refractivity contribution in [3.8, 4) is 0 Å². The molecule has 3 aliphatic heterocycles. The van der Waals surface area contributed by atoms with Gasteiger partial charge in [-0.05, 0) is 37.4 Å². The Bertz CT molecular complexity index is 647. The minimum Gasteiger partial charge on any atom is -0.453 e. The summed E-state index contributed by atoms with van der Waals surface area (Å²) in [4.78, 5) is 14.4. The summed E-state index contributed by atoms with van der Waals surface area (Å²) >= 11 is 0. The molecule has 0 aromatic heterocycles. The first-order valence-electron chi connectivity index (χ1n) is 8.19. The van der Waals surface area contributed by atoms with E-state index in [-0.39, 0.29) is 12.1 Å². The van der Waals surface area contributed by atoms with Crippen LogP contribution in [0.5, 0.6) is 0 Å². The predicted molar refractivity (Wildman–Crippen MR) is 86.2 cm³/mol. The second-order valence-corrected chi connectivity index (χ2v) is 6.45. The summed E-state index contributed by atoms with van der Waals surface area (Å²) in [5.41, 5.74) is 3.40. The topological polar surface area (TPSA) is 29.5 Å². The quantitative estimate of drug-likeness (QED) is 0.745. The zero-order valence-electron chi connectivity index (χ0n) is 12.9. The highest BCUT2D eigenvalue weighted by atomic mass is 16.5. The first-order valence-corrected chi connectivity index (χ1v) is 8.19. The molecule has 3 nitrogen and oxygen atoms in total. The van der Waals surface area contributed by atoms with Crippen LogP contribution in [0.15, 0.2) is 48.1 Å². The molecule has 0 amide bonds. The lowest BCUT2D eigenvalue weighted by Crippen LogP contribution is -2.49. The molecule has 4 rings (SSSR count). The van der Waals surface area contributed by atoms with Gasteiger partial charge in [0.25, 0.3) is 0 Å². The van der Waals surface area contributed by atoms with Gasteiger partial charge in [0, 0.05) is 17.7 Å². The summed E-state index contributed by atoms with van der Waals surface area (Å²) in [7, 11) is 0. The third-order valence-corrected chi connectivity index (χ3v) is 5.09. The van der Waals surface area contributed by atoms with Gasteiger partial charge in [0.05, 0.1) is 6.04 Å². The maximum Gasteiger partial charge on any atom is 0.331 e. The van der Waals surface area contributed by atoms with Crippen molar-refractivity contribution in [3.05, 3.63) is 53.6 Å². The van der Waals surface area contributed by atoms with Crippen LogP contribution < -0.4 is 0 Å². The Labute approximate surface area is 131 Å². The van der Waals surface area contributed by atoms with E-state index in [1.165, 1.54) is 24.0 Å². The molecule has 2 unspecified atom stereocenters. The van der Waals surface area contributed by atoms with E-state index in [0.717, 1.165) is 18.5 Å². The fourth-order valence-electron chi connectivity index (χ4n) is 4.07. The number of piperidine rings is 1. The molecular formula is C19H21NO2. The van der Waals surface area contributed by atoms with Crippen LogP contribution in [0.3, 0.4) is 0 Å². The first-order chi connectivity index (χ1) is 10.7. The number of ether oxygens (including phenoxy) is 1. The van der Waals surface area contributed by atoms with Crippen LogP contribution in [0.4, 0.5) is 0 Å². The van der Waals surface area contributed by atoms with Crippen LogP contribution in [0.1, 0.15) is 31.7 Å². The van der Waals surface area contributed by atoms with Gasteiger partial charge in [0.2, 0.25) is 0 Å². The number of rotatable bonds is 1. The Balaban J connectivity index is 1.83. The molecule has 0 saturated carbocycles. The van der Waals surface area contributed by atoms with E-state index in [1.807, 2.05) is 18.2 Å². The highest BCUT2D eigenvalue weighted by molar-refractivity contribution is 5.95. The predicted octanol–water partition coefficient (Wildman–Crippen LogP) is 3.18. The fourth-order valence-corrected chi connectivity index (χ4v) is 4.07. The molecule has 0 bridgehead atoms. The highest BCUT2D eigenvalue weighted by Crippen LogP contribution is 2.40. The first kappa shape index (κ1) is 13.8. The van der Waals surface area contributed by atoms with Gasteiger partial charge < -0.3 is 4.74 Å². The van der Waals surface area contributed by atoms with E-state index in [9.17, 15) is 4.79 Å². The lowest BCUT2D eigenvalue weighted by Gasteiger charge is -2.40. The Morgan fingerprint density at radius 2 is 2.00 bits per heavy atom. The number of benzene rings is 1. The summed E-state index contributed by atoms with van der Waals surface area (Å²) in [6, 6.07) is 11.0. The van der Waals surface area contributed by atoms with Crippen molar-refractivity contribution in [1.82, 2.24) is 4.90 Å². The van der Waals surface area contributed by atoms with Crippen LogP contribution in [-0.2, 0) is 9.53 Å². The van der Waals surface area contributed by atoms with Crippen LogP contribution >= 0.6 is 0 Å². The zero-order valence-corrected chi connectivity index (χ0v) is 12.9. The second kappa shape index (κ2) is 5.40. The molecule has 3 heterocycles. The Morgan fingerprint density at radius 1 is 1.18 bits per heavy atom. The van der Waals surface area contributed by atoms with Gasteiger partial charge >= 0.3 is 5.97 Å². The SMILES string of the molecule is C[C@H]1C=C(c2ccccc2)C2=CC(=O)OC2C2CCCCN21. The molecule has 1 fully saturated rings. The number of carbonyl (C=O) groups excluding carboxylic acids is 1. The Morgan fingerprint density at radius 3 is 2.82 bits per heavy atom. The van der Waals surface area contributed by atoms with Crippen LogP contribution in [0, 0.1) is 0 Å². The van der Waals surface area contributed by atoms with E-state index in [4.69, 9.17) is 4.74 Å². The summed E-state index contributed by atoms with van der Waals surface area (Å²) in [6.07, 6.45) is 7.46. The van der Waals surface area contributed by atoms with Crippen molar-refractivity contribution in [2.45, 2.75) is 44.4 Å². The molecule has 0 aliphatic carbocycles. The van der Waals surface area contributed by atoms with Gasteiger partial charge in [-0.1, -0.05) is 42.8 Å². The van der Waals surface area contributed by atoms with Gasteiger partial charge in [0.15, 0.2) is 0 Å². The van der Waals surface area contributed by atoms with E-state index in [1.54, 1.807) is 6.08 Å². The number of hydrogen-bond acceptors (Lipinski definition) is 3. The maximum atomic E-state index is 11.9. The molecule has 22 heavy (non-hydrogen) atoms. The summed E-state index contributed by atoms with van der Waals surface area (Å²) in [5, 5.41) is 0. The molecule has 3 atom stereocenters. The van der Waals surface area contributed by atoms with E-state index in [0.29, 0.717) is 12.1 Å². The van der Waals surface area contributed by atoms with E-state index < -0.39 is 0 Å². The molecule has 3 heteroatoms. The zero-order chi connectivity index (χ0) is 15.1. The van der Waals surface area contributed by atoms with Crippen LogP contribution in [0.2, 0.25) is 0 Å². The minimum absolute atomic E-state index is 0.107. The molecule has 0 spiro atoms. The molecular weight excluding hydrogens is 274 g/mol. The molecule has 114 valence electrons. The Hall–Kier alpha value is -1.87. The lowest BCUT2D eigenvalue weighted by atomic mass is 9.89. The van der Waals surface area contributed by atoms with Gasteiger partial charge in [-0.2, -0.15) is 0 Å². The smallest absolute Gasteiger partial charge is 0.331 e. The molecule has 0 radical (unpaired) electrons. The maximum absolute atomic E-state index is 11.9. The van der Waals surface area contributed by atoms with E-state index in [2.05, 4.69) is 30.0 Å². The highest BCUT2D eigenvalue weighted by Gasteiger charge is 2.42. The summed E-state index contributed by atoms with van der Waals surface area (Å²) in [6.45, 7) is 3.34. The normalized spacial score (nSPS) is 31.5. The summed E-state index contributed by atoms with van der Waals surface area (Å²) in [5.74, 6) is -0.193. The van der Waals surface area contributed by atoms with Gasteiger partial charge in [0.1, 0.15) is 6.10 Å². The van der Waals surface area contributed by atoms with Crippen LogP contribution in [0.25, 0.3) is 5.57 Å². The molecule has 0 N–H and O–H groups in total. The van der Waals surface area contributed by atoms with Crippen molar-refractivity contribution in [1.29, 1.82) is 0 Å². The largest absolute Gasteiger partial charge is 0.453 e. The fraction of sp³-hybridized carbons (Fsp3) is 0.421. The lowest BCUT2D eigenvalue weighted by molar-refractivity contribution is -0.142. The average molecular weight is 295 g/mol. The molecule has 3 aliphatic rings. The van der Waals surface area contributed by atoms with Crippen molar-refractivity contribution >= 4 is 11.5 Å². The number of fused-ring (bicyclic) bond motifs is 3. The summed E-state index contributed by atoms with van der Waals surface area (Å²) < 4.78 is 5.70. The third kappa shape index (κ3) is 2.20. The van der Waals surface area contributed by atoms with Gasteiger partial charge in [-0.15, -0.1) is 0 Å². The van der Waals surface area contributed by atoms with E-state index >= 15 is 0 Å². The van der Waals surface area contributed by atoms with Crippen molar-refractivity contribution in [2.75, 3.05) is 6.54 Å². The number of hydrogen-bond donors (Lipinski definition) is 0. The monoisotopic (exact) mass is 295 g/mol. The number of nitrogens with zero attached hydrogens (tertiary/aromatic N) is 1. The molecule has 1 aromatic rings. The number of esters is 1. The standard InChI is InChI=1S/C19H21NO2/c1-13-11-15(14-7-3-2-4-8-14)16-12-18(21)22-19(16)17-9-5-6-10-20(13)17/h2-4,7-8,11-13,17,19H,5-6,9-10H2,1H3/t13-,17?,19?/m0/s1. The van der Waals surface area contributed by atoms with Gasteiger partial charge in [-0.3, -0.25) is 4.90 Å². The van der Waals surface area contributed by atoms with Gasteiger partial charge in [-0.25, -0.2) is 4.79 Å². The Kier molecular flexibility index (Phi) is 3.38. The van der Waals surface area contributed by atoms with Crippen molar-refractivity contribution in [2.24, 2.45) is 0 Å².